The van der Waals surface area contributed by atoms with Gasteiger partial charge in [0.15, 0.2) is 0 Å². The standard InChI is InChI=1S/C16H28N2O2/c1-4-16(7-5-6-8-16)11-18-10-14(19)17-13(15(18)20)9-12(2)3/h12-13H,4-11H2,1-3H3,(H,17,19). The second-order valence-corrected chi connectivity index (χ2v) is 7.00. The Labute approximate surface area is 122 Å². The summed E-state index contributed by atoms with van der Waals surface area (Å²) in [6, 6.07) is -0.313. The number of piperazine rings is 1. The van der Waals surface area contributed by atoms with Gasteiger partial charge >= 0.3 is 0 Å². The maximum absolute atomic E-state index is 12.6. The zero-order valence-corrected chi connectivity index (χ0v) is 13.1. The maximum atomic E-state index is 12.6. The molecule has 0 aromatic heterocycles. The fraction of sp³-hybridized carbons (Fsp3) is 0.875. The fourth-order valence-corrected chi connectivity index (χ4v) is 3.69. The zero-order valence-electron chi connectivity index (χ0n) is 13.1. The number of carbonyl (C=O) groups excluding carboxylic acids is 2. The van der Waals surface area contributed by atoms with Crippen LogP contribution < -0.4 is 5.32 Å². The van der Waals surface area contributed by atoms with E-state index >= 15 is 0 Å². The van der Waals surface area contributed by atoms with Gasteiger partial charge in [-0.1, -0.05) is 33.6 Å². The van der Waals surface area contributed by atoms with Crippen molar-refractivity contribution < 1.29 is 9.59 Å². The summed E-state index contributed by atoms with van der Waals surface area (Å²) in [5.41, 5.74) is 0.260. The van der Waals surface area contributed by atoms with E-state index in [1.54, 1.807) is 0 Å². The van der Waals surface area contributed by atoms with Crippen LogP contribution in [0.25, 0.3) is 0 Å². The molecule has 2 fully saturated rings. The fourth-order valence-electron chi connectivity index (χ4n) is 3.69. The summed E-state index contributed by atoms with van der Waals surface area (Å²) in [4.78, 5) is 26.3. The van der Waals surface area contributed by atoms with Gasteiger partial charge in [-0.25, -0.2) is 0 Å². The van der Waals surface area contributed by atoms with E-state index in [0.29, 0.717) is 5.92 Å². The first-order chi connectivity index (χ1) is 9.46. The first kappa shape index (κ1) is 15.3. The predicted octanol–water partition coefficient (Wildman–Crippen LogP) is 2.33. The topological polar surface area (TPSA) is 49.4 Å². The van der Waals surface area contributed by atoms with E-state index in [1.807, 2.05) is 4.90 Å². The average molecular weight is 280 g/mol. The lowest BCUT2D eigenvalue weighted by molar-refractivity contribution is -0.146. The molecule has 2 rings (SSSR count). The Morgan fingerprint density at radius 2 is 1.95 bits per heavy atom. The summed E-state index contributed by atoms with van der Waals surface area (Å²) in [5.74, 6) is 0.536. The van der Waals surface area contributed by atoms with E-state index in [9.17, 15) is 9.59 Å². The maximum Gasteiger partial charge on any atom is 0.245 e. The van der Waals surface area contributed by atoms with Gasteiger partial charge in [-0.2, -0.15) is 0 Å². The normalized spacial score (nSPS) is 26.2. The van der Waals surface area contributed by atoms with E-state index in [1.165, 1.54) is 25.7 Å². The first-order valence-corrected chi connectivity index (χ1v) is 8.04. The van der Waals surface area contributed by atoms with Crippen molar-refractivity contribution in [1.82, 2.24) is 10.2 Å². The molecule has 1 aliphatic heterocycles. The Kier molecular flexibility index (Phi) is 4.71. The Balaban J connectivity index is 2.05. The summed E-state index contributed by atoms with van der Waals surface area (Å²) in [7, 11) is 0. The molecular formula is C16H28N2O2. The average Bonchev–Trinajstić information content (AvgIpc) is 2.83. The van der Waals surface area contributed by atoms with Crippen molar-refractivity contribution >= 4 is 11.8 Å². The molecule has 4 heteroatoms. The molecule has 1 aliphatic carbocycles. The third-order valence-corrected chi connectivity index (χ3v) is 4.93. The van der Waals surface area contributed by atoms with Crippen molar-refractivity contribution in [3.63, 3.8) is 0 Å². The van der Waals surface area contributed by atoms with Gasteiger partial charge in [0.2, 0.25) is 11.8 Å². The van der Waals surface area contributed by atoms with E-state index < -0.39 is 0 Å². The minimum Gasteiger partial charge on any atom is -0.343 e. The number of hydrogen-bond donors (Lipinski definition) is 1. The van der Waals surface area contributed by atoms with Crippen molar-refractivity contribution in [2.45, 2.75) is 65.3 Å². The minimum atomic E-state index is -0.313. The van der Waals surface area contributed by atoms with E-state index in [-0.39, 0.29) is 29.8 Å². The van der Waals surface area contributed by atoms with Crippen molar-refractivity contribution in [2.24, 2.45) is 11.3 Å². The molecule has 1 atom stereocenters. The molecule has 2 amide bonds. The summed E-state index contributed by atoms with van der Waals surface area (Å²) < 4.78 is 0. The van der Waals surface area contributed by atoms with Crippen LogP contribution in [0.3, 0.4) is 0 Å². The van der Waals surface area contributed by atoms with Gasteiger partial charge in [-0.05, 0) is 37.0 Å². The smallest absolute Gasteiger partial charge is 0.245 e. The van der Waals surface area contributed by atoms with Crippen LogP contribution in [0.5, 0.6) is 0 Å². The number of nitrogens with zero attached hydrogens (tertiary/aromatic N) is 1. The van der Waals surface area contributed by atoms with Gasteiger partial charge in [0.05, 0.1) is 6.54 Å². The molecular weight excluding hydrogens is 252 g/mol. The molecule has 1 heterocycles. The van der Waals surface area contributed by atoms with Crippen LogP contribution in [0.15, 0.2) is 0 Å². The van der Waals surface area contributed by atoms with Gasteiger partial charge in [0, 0.05) is 6.54 Å². The lowest BCUT2D eigenvalue weighted by atomic mass is 9.82. The summed E-state index contributed by atoms with van der Waals surface area (Å²) in [6.45, 7) is 7.40. The molecule has 1 saturated carbocycles. The van der Waals surface area contributed by atoms with Crippen LogP contribution in [0.1, 0.15) is 59.3 Å². The van der Waals surface area contributed by atoms with Crippen molar-refractivity contribution in [2.75, 3.05) is 13.1 Å². The summed E-state index contributed by atoms with van der Waals surface area (Å²) in [6.07, 6.45) is 6.76. The number of nitrogens with one attached hydrogen (secondary N) is 1. The lowest BCUT2D eigenvalue weighted by Crippen LogP contribution is -2.59. The second kappa shape index (κ2) is 6.15. The van der Waals surface area contributed by atoms with Crippen molar-refractivity contribution in [1.29, 1.82) is 0 Å². The van der Waals surface area contributed by atoms with Crippen LogP contribution in [-0.2, 0) is 9.59 Å². The van der Waals surface area contributed by atoms with Crippen LogP contribution in [0.2, 0.25) is 0 Å². The van der Waals surface area contributed by atoms with Gasteiger partial charge < -0.3 is 10.2 Å². The molecule has 2 aliphatic rings. The molecule has 0 aromatic carbocycles. The second-order valence-electron chi connectivity index (χ2n) is 7.00. The molecule has 0 spiro atoms. The molecule has 0 bridgehead atoms. The van der Waals surface area contributed by atoms with Gasteiger partial charge in [0.1, 0.15) is 6.04 Å². The lowest BCUT2D eigenvalue weighted by Gasteiger charge is -2.39. The summed E-state index contributed by atoms with van der Waals surface area (Å²) in [5, 5.41) is 2.85. The van der Waals surface area contributed by atoms with Gasteiger partial charge in [0.25, 0.3) is 0 Å². The Hall–Kier alpha value is -1.06. The Morgan fingerprint density at radius 1 is 1.30 bits per heavy atom. The Bertz CT molecular complexity index is 373. The van der Waals surface area contributed by atoms with Crippen LogP contribution >= 0.6 is 0 Å². The van der Waals surface area contributed by atoms with Crippen molar-refractivity contribution in [3.05, 3.63) is 0 Å². The van der Waals surface area contributed by atoms with Gasteiger partial charge in [-0.15, -0.1) is 0 Å². The predicted molar refractivity (Wildman–Crippen MR) is 79.2 cm³/mol. The highest BCUT2D eigenvalue weighted by molar-refractivity contribution is 5.94. The molecule has 1 N–H and O–H groups in total. The third kappa shape index (κ3) is 3.33. The highest BCUT2D eigenvalue weighted by Crippen LogP contribution is 2.41. The highest BCUT2D eigenvalue weighted by atomic mass is 16.2. The van der Waals surface area contributed by atoms with E-state index in [4.69, 9.17) is 0 Å². The quantitative estimate of drug-likeness (QED) is 0.840. The molecule has 1 unspecified atom stereocenters. The third-order valence-electron chi connectivity index (χ3n) is 4.93. The number of amides is 2. The molecule has 114 valence electrons. The molecule has 1 saturated heterocycles. The monoisotopic (exact) mass is 280 g/mol. The molecule has 0 aromatic rings. The largest absolute Gasteiger partial charge is 0.343 e. The van der Waals surface area contributed by atoms with Gasteiger partial charge in [-0.3, -0.25) is 9.59 Å². The molecule has 20 heavy (non-hydrogen) atoms. The Morgan fingerprint density at radius 3 is 2.50 bits per heavy atom. The number of carbonyl (C=O) groups is 2. The molecule has 4 nitrogen and oxygen atoms in total. The SMILES string of the molecule is CCC1(CN2CC(=O)NC(CC(C)C)C2=O)CCCC1. The van der Waals surface area contributed by atoms with Crippen LogP contribution in [-0.4, -0.2) is 35.8 Å². The van der Waals surface area contributed by atoms with Crippen LogP contribution in [0, 0.1) is 11.3 Å². The van der Waals surface area contributed by atoms with E-state index in [2.05, 4.69) is 26.1 Å². The number of hydrogen-bond acceptors (Lipinski definition) is 2. The zero-order chi connectivity index (χ0) is 14.8. The first-order valence-electron chi connectivity index (χ1n) is 8.04. The summed E-state index contributed by atoms with van der Waals surface area (Å²) >= 11 is 0. The molecule has 0 radical (unpaired) electrons. The number of rotatable bonds is 5. The van der Waals surface area contributed by atoms with Crippen molar-refractivity contribution in [3.8, 4) is 0 Å². The van der Waals surface area contributed by atoms with Crippen LogP contribution in [0.4, 0.5) is 0 Å². The van der Waals surface area contributed by atoms with E-state index in [0.717, 1.165) is 19.4 Å². The minimum absolute atomic E-state index is 0.000463. The highest BCUT2D eigenvalue weighted by Gasteiger charge is 2.39.